The minimum Gasteiger partial charge on any atom is -0.363 e. The highest BCUT2D eigenvalue weighted by atomic mass is 79.9. The van der Waals surface area contributed by atoms with E-state index >= 15 is 0 Å². The summed E-state index contributed by atoms with van der Waals surface area (Å²) in [6.45, 7) is 0.872. The molecule has 7 nitrogen and oxygen atoms in total. The van der Waals surface area contributed by atoms with Crippen LogP contribution in [0, 0.1) is 0 Å². The van der Waals surface area contributed by atoms with Crippen LogP contribution in [0.3, 0.4) is 0 Å². The molecular formula is C10H11BrN4O3S. The second-order valence-electron chi connectivity index (χ2n) is 4.30. The van der Waals surface area contributed by atoms with E-state index in [9.17, 15) is 8.42 Å². The molecule has 0 radical (unpaired) electrons. The number of halogens is 1. The van der Waals surface area contributed by atoms with Gasteiger partial charge in [-0.3, -0.25) is 4.68 Å². The van der Waals surface area contributed by atoms with E-state index in [1.54, 1.807) is 10.9 Å². The summed E-state index contributed by atoms with van der Waals surface area (Å²) in [5, 5.41) is 7.63. The van der Waals surface area contributed by atoms with Gasteiger partial charge in [0.15, 0.2) is 0 Å². The van der Waals surface area contributed by atoms with Crippen molar-refractivity contribution >= 4 is 26.0 Å². The summed E-state index contributed by atoms with van der Waals surface area (Å²) < 4.78 is 33.2. The maximum atomic E-state index is 12.3. The summed E-state index contributed by atoms with van der Waals surface area (Å²) in [4.78, 5) is 0.0924. The quantitative estimate of drug-likeness (QED) is 0.835. The molecule has 2 aromatic heterocycles. The third kappa shape index (κ3) is 2.33. The number of hydrogen-bond acceptors (Lipinski definition) is 5. The van der Waals surface area contributed by atoms with E-state index in [-0.39, 0.29) is 10.9 Å². The van der Waals surface area contributed by atoms with Gasteiger partial charge in [0.05, 0.1) is 22.9 Å². The van der Waals surface area contributed by atoms with E-state index in [0.29, 0.717) is 13.1 Å². The van der Waals surface area contributed by atoms with Gasteiger partial charge in [-0.2, -0.15) is 9.40 Å². The molecule has 1 unspecified atom stereocenters. The lowest BCUT2D eigenvalue weighted by molar-refractivity contribution is 0.415. The van der Waals surface area contributed by atoms with Crippen molar-refractivity contribution in [1.82, 2.24) is 19.2 Å². The van der Waals surface area contributed by atoms with Crippen molar-refractivity contribution in [3.8, 4) is 0 Å². The normalized spacial score (nSPS) is 21.0. The van der Waals surface area contributed by atoms with Gasteiger partial charge >= 0.3 is 0 Å². The maximum absolute atomic E-state index is 12.3. The van der Waals surface area contributed by atoms with Crippen molar-refractivity contribution in [3.63, 3.8) is 0 Å². The van der Waals surface area contributed by atoms with Crippen molar-refractivity contribution in [2.75, 3.05) is 13.1 Å². The molecule has 0 bridgehead atoms. The van der Waals surface area contributed by atoms with Crippen LogP contribution in [0.1, 0.15) is 12.5 Å². The zero-order valence-electron chi connectivity index (χ0n) is 9.81. The van der Waals surface area contributed by atoms with E-state index in [4.69, 9.17) is 0 Å². The van der Waals surface area contributed by atoms with Gasteiger partial charge in [-0.1, -0.05) is 5.16 Å². The van der Waals surface area contributed by atoms with Crippen LogP contribution in [0.15, 0.2) is 38.7 Å². The predicted molar refractivity (Wildman–Crippen MR) is 68.8 cm³/mol. The standard InChI is InChI=1S/C10H11BrN4O3S/c11-8-3-12-15(5-8)9-1-2-14(6-9)19(16,17)10-4-13-18-7-10/h3-5,7,9H,1-2,6H2. The molecule has 0 N–H and O–H groups in total. The van der Waals surface area contributed by atoms with E-state index in [2.05, 4.69) is 30.7 Å². The highest BCUT2D eigenvalue weighted by Gasteiger charge is 2.34. The second-order valence-corrected chi connectivity index (χ2v) is 7.16. The van der Waals surface area contributed by atoms with Gasteiger partial charge in [0.1, 0.15) is 11.2 Å². The first-order chi connectivity index (χ1) is 9.07. The molecule has 102 valence electrons. The van der Waals surface area contributed by atoms with Crippen LogP contribution in [-0.4, -0.2) is 40.7 Å². The van der Waals surface area contributed by atoms with E-state index in [1.165, 1.54) is 10.5 Å². The molecule has 3 rings (SSSR count). The number of rotatable bonds is 3. The molecular weight excluding hydrogens is 336 g/mol. The van der Waals surface area contributed by atoms with Gasteiger partial charge < -0.3 is 4.52 Å². The molecule has 9 heteroatoms. The molecule has 0 amide bonds. The molecule has 19 heavy (non-hydrogen) atoms. The number of hydrogen-bond donors (Lipinski definition) is 0. The van der Waals surface area contributed by atoms with Crippen molar-refractivity contribution in [3.05, 3.63) is 29.3 Å². The molecule has 0 aromatic carbocycles. The Morgan fingerprint density at radius 3 is 2.89 bits per heavy atom. The van der Waals surface area contributed by atoms with Gasteiger partial charge in [-0.05, 0) is 22.4 Å². The van der Waals surface area contributed by atoms with Gasteiger partial charge in [-0.15, -0.1) is 0 Å². The zero-order chi connectivity index (χ0) is 13.5. The molecule has 0 spiro atoms. The Hall–Kier alpha value is -1.19. The Kier molecular flexibility index (Phi) is 3.19. The lowest BCUT2D eigenvalue weighted by Gasteiger charge is -2.15. The predicted octanol–water partition coefficient (Wildman–Crippen LogP) is 1.27. The monoisotopic (exact) mass is 346 g/mol. The number of aromatic nitrogens is 3. The highest BCUT2D eigenvalue weighted by Crippen LogP contribution is 2.27. The topological polar surface area (TPSA) is 81.2 Å². The fourth-order valence-corrected chi connectivity index (χ4v) is 3.79. The Bertz CT molecular complexity index is 667. The Balaban J connectivity index is 1.79. The average molecular weight is 347 g/mol. The molecule has 3 heterocycles. The summed E-state index contributed by atoms with van der Waals surface area (Å²) in [6, 6.07) is 0.0564. The fourth-order valence-electron chi connectivity index (χ4n) is 2.13. The molecule has 1 fully saturated rings. The van der Waals surface area contributed by atoms with Crippen LogP contribution in [0.25, 0.3) is 0 Å². The first-order valence-corrected chi connectivity index (χ1v) is 7.90. The van der Waals surface area contributed by atoms with Gasteiger partial charge in [0.25, 0.3) is 0 Å². The molecule has 1 saturated heterocycles. The molecule has 0 saturated carbocycles. The molecule has 0 aliphatic carbocycles. The van der Waals surface area contributed by atoms with Gasteiger partial charge in [0.2, 0.25) is 10.0 Å². The third-order valence-corrected chi connectivity index (χ3v) is 5.34. The minimum absolute atomic E-state index is 0.0564. The third-order valence-electron chi connectivity index (χ3n) is 3.12. The SMILES string of the molecule is O=S(=O)(c1cnoc1)N1CCC(n2cc(Br)cn2)C1. The van der Waals surface area contributed by atoms with Gasteiger partial charge in [-0.25, -0.2) is 8.42 Å². The van der Waals surface area contributed by atoms with Crippen molar-refractivity contribution in [1.29, 1.82) is 0 Å². The van der Waals surface area contributed by atoms with Crippen LogP contribution >= 0.6 is 15.9 Å². The van der Waals surface area contributed by atoms with Crippen LogP contribution in [0.5, 0.6) is 0 Å². The van der Waals surface area contributed by atoms with Crippen molar-refractivity contribution < 1.29 is 12.9 Å². The smallest absolute Gasteiger partial charge is 0.247 e. The van der Waals surface area contributed by atoms with Crippen LogP contribution in [0.2, 0.25) is 0 Å². The summed E-state index contributed by atoms with van der Waals surface area (Å²) in [5.41, 5.74) is 0. The number of nitrogens with zero attached hydrogens (tertiary/aromatic N) is 4. The average Bonchev–Trinajstić information content (AvgIpc) is 3.10. The molecule has 2 aromatic rings. The first kappa shape index (κ1) is 12.8. The van der Waals surface area contributed by atoms with E-state index in [0.717, 1.165) is 17.2 Å². The molecule has 1 atom stereocenters. The zero-order valence-corrected chi connectivity index (χ0v) is 12.2. The van der Waals surface area contributed by atoms with E-state index in [1.807, 2.05) is 6.20 Å². The van der Waals surface area contributed by atoms with Gasteiger partial charge in [0, 0.05) is 19.3 Å². The first-order valence-electron chi connectivity index (χ1n) is 5.66. The fraction of sp³-hybridized carbons (Fsp3) is 0.400. The molecule has 1 aliphatic heterocycles. The summed E-state index contributed by atoms with van der Waals surface area (Å²) in [6.07, 6.45) is 6.64. The summed E-state index contributed by atoms with van der Waals surface area (Å²) in [7, 11) is -3.51. The maximum Gasteiger partial charge on any atom is 0.247 e. The second kappa shape index (κ2) is 4.73. The summed E-state index contributed by atoms with van der Waals surface area (Å²) >= 11 is 3.33. The highest BCUT2D eigenvalue weighted by molar-refractivity contribution is 9.10. The van der Waals surface area contributed by atoms with Crippen LogP contribution < -0.4 is 0 Å². The Morgan fingerprint density at radius 1 is 1.42 bits per heavy atom. The number of sulfonamides is 1. The van der Waals surface area contributed by atoms with Crippen LogP contribution in [-0.2, 0) is 10.0 Å². The lowest BCUT2D eigenvalue weighted by Crippen LogP contribution is -2.29. The van der Waals surface area contributed by atoms with Crippen molar-refractivity contribution in [2.24, 2.45) is 0 Å². The van der Waals surface area contributed by atoms with Crippen molar-refractivity contribution in [2.45, 2.75) is 17.4 Å². The summed E-state index contributed by atoms with van der Waals surface area (Å²) in [5.74, 6) is 0. The largest absolute Gasteiger partial charge is 0.363 e. The molecule has 1 aliphatic rings. The van der Waals surface area contributed by atoms with Crippen LogP contribution in [0.4, 0.5) is 0 Å². The Morgan fingerprint density at radius 2 is 2.26 bits per heavy atom. The van der Waals surface area contributed by atoms with E-state index < -0.39 is 10.0 Å². The lowest BCUT2D eigenvalue weighted by atomic mass is 10.3. The Labute approximate surface area is 118 Å². The minimum atomic E-state index is -3.51.